The first-order valence-electron chi connectivity index (χ1n) is 5.94. The van der Waals surface area contributed by atoms with E-state index < -0.39 is 0 Å². The third-order valence-corrected chi connectivity index (χ3v) is 3.66. The molecule has 3 nitrogen and oxygen atoms in total. The molecule has 0 bridgehead atoms. The van der Waals surface area contributed by atoms with Gasteiger partial charge in [0.15, 0.2) is 5.96 Å². The van der Waals surface area contributed by atoms with Gasteiger partial charge in [-0.05, 0) is 36.1 Å². The molecule has 17 heavy (non-hydrogen) atoms. The Bertz CT molecular complexity index is 452. The molecule has 0 atom stereocenters. The van der Waals surface area contributed by atoms with Crippen molar-refractivity contribution in [2.45, 2.75) is 26.7 Å². The molecule has 4 heteroatoms. The number of aliphatic imine (C=N–C) groups is 1. The maximum atomic E-state index is 4.35. The first-order chi connectivity index (χ1) is 8.09. The predicted octanol–water partition coefficient (Wildman–Crippen LogP) is 3.25. The quantitative estimate of drug-likeness (QED) is 0.879. The highest BCUT2D eigenvalue weighted by Crippen LogP contribution is 2.32. The van der Waals surface area contributed by atoms with Crippen LogP contribution in [0.3, 0.4) is 0 Å². The molecule has 1 aliphatic rings. The van der Waals surface area contributed by atoms with Crippen molar-refractivity contribution < 1.29 is 0 Å². The number of benzene rings is 1. The summed E-state index contributed by atoms with van der Waals surface area (Å²) in [7, 11) is 0. The number of halogens is 1. The van der Waals surface area contributed by atoms with E-state index in [4.69, 9.17) is 0 Å². The molecule has 2 rings (SSSR count). The summed E-state index contributed by atoms with van der Waals surface area (Å²) >= 11 is 3.62. The van der Waals surface area contributed by atoms with Crippen LogP contribution in [0.4, 0.5) is 5.69 Å². The minimum absolute atomic E-state index is 0.504. The molecule has 1 aliphatic heterocycles. The zero-order chi connectivity index (χ0) is 12.4. The van der Waals surface area contributed by atoms with Crippen LogP contribution in [0.1, 0.15) is 30.9 Å². The molecule has 0 fully saturated rings. The molecule has 0 saturated carbocycles. The van der Waals surface area contributed by atoms with Gasteiger partial charge in [0.05, 0.1) is 6.54 Å². The Morgan fingerprint density at radius 3 is 2.76 bits per heavy atom. The average molecular weight is 296 g/mol. The van der Waals surface area contributed by atoms with E-state index in [1.54, 1.807) is 0 Å². The van der Waals surface area contributed by atoms with Gasteiger partial charge in [0.1, 0.15) is 0 Å². The fourth-order valence-electron chi connectivity index (χ4n) is 2.15. The maximum Gasteiger partial charge on any atom is 0.195 e. The zero-order valence-corrected chi connectivity index (χ0v) is 12.1. The summed E-state index contributed by atoms with van der Waals surface area (Å²) in [5.41, 5.74) is 3.77. The van der Waals surface area contributed by atoms with E-state index in [2.05, 4.69) is 64.5 Å². The Morgan fingerprint density at radius 2 is 2.18 bits per heavy atom. The molecule has 1 aromatic rings. The van der Waals surface area contributed by atoms with E-state index in [1.807, 2.05) is 0 Å². The molecule has 0 unspecified atom stereocenters. The summed E-state index contributed by atoms with van der Waals surface area (Å²) in [5.74, 6) is 1.38. The first-order valence-corrected chi connectivity index (χ1v) is 6.73. The van der Waals surface area contributed by atoms with Gasteiger partial charge in [-0.1, -0.05) is 29.8 Å². The summed E-state index contributed by atoms with van der Waals surface area (Å²) in [5, 5.41) is 6.57. The van der Waals surface area contributed by atoms with Gasteiger partial charge < -0.3 is 10.6 Å². The number of anilines is 1. The molecule has 92 valence electrons. The Balaban J connectivity index is 2.32. The molecular weight excluding hydrogens is 278 g/mol. The number of nitrogens with zero attached hydrogens (tertiary/aromatic N) is 1. The third-order valence-electron chi connectivity index (χ3n) is 2.97. The van der Waals surface area contributed by atoms with E-state index in [1.165, 1.54) is 15.6 Å². The average Bonchev–Trinajstić information content (AvgIpc) is 2.74. The lowest BCUT2D eigenvalue weighted by Gasteiger charge is -2.17. The third kappa shape index (κ3) is 2.63. The molecule has 0 aliphatic carbocycles. The second-order valence-corrected chi connectivity index (χ2v) is 5.42. The molecule has 1 heterocycles. The lowest BCUT2D eigenvalue weighted by atomic mass is 9.97. The zero-order valence-electron chi connectivity index (χ0n) is 10.5. The molecule has 0 saturated heterocycles. The minimum Gasteiger partial charge on any atom is -0.354 e. The van der Waals surface area contributed by atoms with Crippen molar-refractivity contribution >= 4 is 27.6 Å². The van der Waals surface area contributed by atoms with Gasteiger partial charge in [0.2, 0.25) is 0 Å². The van der Waals surface area contributed by atoms with Crippen LogP contribution in [-0.2, 0) is 0 Å². The summed E-state index contributed by atoms with van der Waals surface area (Å²) in [6.45, 7) is 8.35. The second-order valence-electron chi connectivity index (χ2n) is 4.57. The van der Waals surface area contributed by atoms with Crippen molar-refractivity contribution in [3.05, 3.63) is 27.7 Å². The summed E-state index contributed by atoms with van der Waals surface area (Å²) in [6.07, 6.45) is 0. The van der Waals surface area contributed by atoms with Crippen molar-refractivity contribution in [2.24, 2.45) is 4.99 Å². The van der Waals surface area contributed by atoms with Gasteiger partial charge in [0, 0.05) is 16.7 Å². The second kappa shape index (κ2) is 5.08. The lowest BCUT2D eigenvalue weighted by Crippen LogP contribution is -2.26. The molecule has 0 amide bonds. The standard InChI is InChI=1S/C13H18BrN3/c1-8(2)12-9(3)11(5-4-10(12)14)17-13-15-6-7-16-13/h4-5,8H,6-7H2,1-3H3,(H2,15,16,17). The fraction of sp³-hybridized carbons (Fsp3) is 0.462. The van der Waals surface area contributed by atoms with Gasteiger partial charge in [-0.3, -0.25) is 4.99 Å². The topological polar surface area (TPSA) is 36.4 Å². The molecule has 0 radical (unpaired) electrons. The Labute approximate surface area is 111 Å². The molecular formula is C13H18BrN3. The first kappa shape index (κ1) is 12.4. The highest BCUT2D eigenvalue weighted by atomic mass is 79.9. The van der Waals surface area contributed by atoms with Crippen molar-refractivity contribution in [1.82, 2.24) is 5.32 Å². The summed E-state index contributed by atoms with van der Waals surface area (Å²) in [6, 6.07) is 4.19. The van der Waals surface area contributed by atoms with Crippen LogP contribution in [0.25, 0.3) is 0 Å². The van der Waals surface area contributed by atoms with Gasteiger partial charge >= 0.3 is 0 Å². The number of hydrogen-bond donors (Lipinski definition) is 2. The summed E-state index contributed by atoms with van der Waals surface area (Å²) < 4.78 is 1.18. The van der Waals surface area contributed by atoms with Gasteiger partial charge in [-0.15, -0.1) is 0 Å². The van der Waals surface area contributed by atoms with E-state index in [0.29, 0.717) is 5.92 Å². The largest absolute Gasteiger partial charge is 0.354 e. The van der Waals surface area contributed by atoms with Crippen LogP contribution in [-0.4, -0.2) is 19.0 Å². The highest BCUT2D eigenvalue weighted by Gasteiger charge is 2.13. The van der Waals surface area contributed by atoms with Crippen molar-refractivity contribution in [2.75, 3.05) is 18.4 Å². The van der Waals surface area contributed by atoms with Crippen LogP contribution in [0, 0.1) is 6.92 Å². The van der Waals surface area contributed by atoms with Crippen molar-refractivity contribution in [1.29, 1.82) is 0 Å². The molecule has 1 aromatic carbocycles. The van der Waals surface area contributed by atoms with Gasteiger partial charge in [-0.25, -0.2) is 0 Å². The monoisotopic (exact) mass is 295 g/mol. The Kier molecular flexibility index (Phi) is 3.72. The van der Waals surface area contributed by atoms with Crippen LogP contribution in [0.5, 0.6) is 0 Å². The Hall–Kier alpha value is -1.03. The smallest absolute Gasteiger partial charge is 0.195 e. The number of guanidine groups is 1. The number of nitrogens with one attached hydrogen (secondary N) is 2. The van der Waals surface area contributed by atoms with Crippen LogP contribution < -0.4 is 10.6 Å². The number of rotatable bonds is 2. The molecule has 0 spiro atoms. The van der Waals surface area contributed by atoms with Crippen LogP contribution in [0.2, 0.25) is 0 Å². The molecule has 2 N–H and O–H groups in total. The van der Waals surface area contributed by atoms with Crippen LogP contribution >= 0.6 is 15.9 Å². The fourth-order valence-corrected chi connectivity index (χ4v) is 3.04. The number of hydrogen-bond acceptors (Lipinski definition) is 3. The predicted molar refractivity (Wildman–Crippen MR) is 76.9 cm³/mol. The minimum atomic E-state index is 0.504. The van der Waals surface area contributed by atoms with Crippen molar-refractivity contribution in [3.63, 3.8) is 0 Å². The molecule has 0 aromatic heterocycles. The van der Waals surface area contributed by atoms with Crippen LogP contribution in [0.15, 0.2) is 21.6 Å². The van der Waals surface area contributed by atoms with E-state index >= 15 is 0 Å². The highest BCUT2D eigenvalue weighted by molar-refractivity contribution is 9.10. The maximum absolute atomic E-state index is 4.35. The van der Waals surface area contributed by atoms with E-state index in [9.17, 15) is 0 Å². The van der Waals surface area contributed by atoms with E-state index in [0.717, 1.165) is 24.7 Å². The normalized spacial score (nSPS) is 14.8. The lowest BCUT2D eigenvalue weighted by molar-refractivity contribution is 0.851. The van der Waals surface area contributed by atoms with Gasteiger partial charge in [-0.2, -0.15) is 0 Å². The SMILES string of the molecule is Cc1c(NC2=NCCN2)ccc(Br)c1C(C)C. The Morgan fingerprint density at radius 1 is 1.41 bits per heavy atom. The van der Waals surface area contributed by atoms with E-state index in [-0.39, 0.29) is 0 Å². The van der Waals surface area contributed by atoms with Gasteiger partial charge in [0.25, 0.3) is 0 Å². The summed E-state index contributed by atoms with van der Waals surface area (Å²) in [4.78, 5) is 4.35. The van der Waals surface area contributed by atoms with Crippen molar-refractivity contribution in [3.8, 4) is 0 Å².